The first-order valence-corrected chi connectivity index (χ1v) is 6.12. The number of hydrogen-bond acceptors (Lipinski definition) is 1. The van der Waals surface area contributed by atoms with E-state index in [9.17, 15) is 13.2 Å². The molecule has 1 N–H and O–H groups in total. The van der Waals surface area contributed by atoms with Crippen molar-refractivity contribution in [1.82, 2.24) is 0 Å². The topological polar surface area (TPSA) is 12.0 Å². The van der Waals surface area contributed by atoms with Gasteiger partial charge in [-0.1, -0.05) is 11.6 Å². The summed E-state index contributed by atoms with van der Waals surface area (Å²) >= 11 is 5.89. The standard InChI is InChI=1S/C14H9ClF3N/c15-9-1-2-12-7(3-9)6-13(19-12)8-4-10(16)14(18)11(17)5-8/h1-5,13,19H,6H2. The molecule has 0 saturated carbocycles. The molecule has 1 aliphatic rings. The van der Waals surface area contributed by atoms with E-state index in [1.165, 1.54) is 0 Å². The Labute approximate surface area is 113 Å². The van der Waals surface area contributed by atoms with E-state index >= 15 is 0 Å². The van der Waals surface area contributed by atoms with Gasteiger partial charge in [0.05, 0.1) is 6.04 Å². The van der Waals surface area contributed by atoms with Gasteiger partial charge in [-0.3, -0.25) is 0 Å². The van der Waals surface area contributed by atoms with Crippen molar-refractivity contribution in [2.75, 3.05) is 5.32 Å². The molecular weight excluding hydrogens is 275 g/mol. The van der Waals surface area contributed by atoms with Crippen molar-refractivity contribution in [1.29, 1.82) is 0 Å². The maximum atomic E-state index is 13.2. The van der Waals surface area contributed by atoms with Gasteiger partial charge in [-0.15, -0.1) is 0 Å². The molecule has 3 rings (SSSR count). The van der Waals surface area contributed by atoms with E-state index in [1.807, 2.05) is 6.07 Å². The van der Waals surface area contributed by atoms with Gasteiger partial charge in [-0.25, -0.2) is 13.2 Å². The Kier molecular flexibility index (Phi) is 2.90. The van der Waals surface area contributed by atoms with Crippen LogP contribution in [-0.4, -0.2) is 0 Å². The fourth-order valence-electron chi connectivity index (χ4n) is 2.31. The largest absolute Gasteiger partial charge is 0.378 e. The van der Waals surface area contributed by atoms with Crippen LogP contribution >= 0.6 is 11.6 Å². The van der Waals surface area contributed by atoms with Crippen LogP contribution in [0.5, 0.6) is 0 Å². The molecule has 98 valence electrons. The van der Waals surface area contributed by atoms with Gasteiger partial charge in [0.15, 0.2) is 17.5 Å². The zero-order chi connectivity index (χ0) is 13.6. The molecular formula is C14H9ClF3N. The Morgan fingerprint density at radius 2 is 1.74 bits per heavy atom. The molecule has 0 amide bonds. The van der Waals surface area contributed by atoms with E-state index in [1.54, 1.807) is 12.1 Å². The first-order valence-electron chi connectivity index (χ1n) is 5.74. The highest BCUT2D eigenvalue weighted by Gasteiger charge is 2.24. The Morgan fingerprint density at radius 3 is 2.42 bits per heavy atom. The minimum Gasteiger partial charge on any atom is -0.378 e. The predicted octanol–water partition coefficient (Wildman–Crippen LogP) is 4.47. The summed E-state index contributed by atoms with van der Waals surface area (Å²) in [5.41, 5.74) is 2.23. The molecule has 5 heteroatoms. The van der Waals surface area contributed by atoms with Gasteiger partial charge in [0.25, 0.3) is 0 Å². The Morgan fingerprint density at radius 1 is 1.05 bits per heavy atom. The van der Waals surface area contributed by atoms with Crippen LogP contribution in [-0.2, 0) is 6.42 Å². The molecule has 19 heavy (non-hydrogen) atoms. The third-order valence-electron chi connectivity index (χ3n) is 3.23. The van der Waals surface area contributed by atoms with Gasteiger partial charge < -0.3 is 5.32 Å². The van der Waals surface area contributed by atoms with Gasteiger partial charge in [-0.2, -0.15) is 0 Å². The number of fused-ring (bicyclic) bond motifs is 1. The quantitative estimate of drug-likeness (QED) is 0.762. The summed E-state index contributed by atoms with van der Waals surface area (Å²) in [6, 6.07) is 7.11. The SMILES string of the molecule is Fc1cc(C2Cc3cc(Cl)ccc3N2)cc(F)c1F. The molecule has 0 radical (unpaired) electrons. The second kappa shape index (κ2) is 4.46. The van der Waals surface area contributed by atoms with Gasteiger partial charge in [0, 0.05) is 10.7 Å². The highest BCUT2D eigenvalue weighted by atomic mass is 35.5. The van der Waals surface area contributed by atoms with E-state index < -0.39 is 17.5 Å². The van der Waals surface area contributed by atoms with Crippen LogP contribution in [0.2, 0.25) is 5.02 Å². The molecule has 2 aromatic carbocycles. The number of halogens is 4. The van der Waals surface area contributed by atoms with E-state index in [0.29, 0.717) is 17.0 Å². The number of anilines is 1. The van der Waals surface area contributed by atoms with Crippen molar-refractivity contribution >= 4 is 17.3 Å². The molecule has 0 fully saturated rings. The molecule has 1 unspecified atom stereocenters. The summed E-state index contributed by atoms with van der Waals surface area (Å²) in [7, 11) is 0. The smallest absolute Gasteiger partial charge is 0.194 e. The van der Waals surface area contributed by atoms with Gasteiger partial charge >= 0.3 is 0 Å². The van der Waals surface area contributed by atoms with Crippen molar-refractivity contribution in [3.05, 3.63) is 63.9 Å². The highest BCUT2D eigenvalue weighted by molar-refractivity contribution is 6.30. The van der Waals surface area contributed by atoms with E-state index in [0.717, 1.165) is 23.4 Å². The molecule has 1 aliphatic heterocycles. The maximum absolute atomic E-state index is 13.2. The lowest BCUT2D eigenvalue weighted by atomic mass is 10.0. The van der Waals surface area contributed by atoms with E-state index in [4.69, 9.17) is 11.6 Å². The zero-order valence-electron chi connectivity index (χ0n) is 9.68. The summed E-state index contributed by atoms with van der Waals surface area (Å²) in [5.74, 6) is -3.79. The highest BCUT2D eigenvalue weighted by Crippen LogP contribution is 2.36. The fraction of sp³-hybridized carbons (Fsp3) is 0.143. The molecule has 2 aromatic rings. The van der Waals surface area contributed by atoms with Gasteiger partial charge in [0.1, 0.15) is 0 Å². The van der Waals surface area contributed by atoms with Gasteiger partial charge in [-0.05, 0) is 47.9 Å². The van der Waals surface area contributed by atoms with Crippen LogP contribution in [0.4, 0.5) is 18.9 Å². The van der Waals surface area contributed by atoms with Crippen molar-refractivity contribution in [3.8, 4) is 0 Å². The number of benzene rings is 2. The molecule has 1 atom stereocenters. The lowest BCUT2D eigenvalue weighted by Gasteiger charge is -2.12. The Balaban J connectivity index is 1.95. The lowest BCUT2D eigenvalue weighted by molar-refractivity contribution is 0.444. The molecule has 0 aliphatic carbocycles. The van der Waals surface area contributed by atoms with Crippen LogP contribution < -0.4 is 5.32 Å². The molecule has 0 aromatic heterocycles. The van der Waals surface area contributed by atoms with Crippen LogP contribution in [0, 0.1) is 17.5 Å². The molecule has 0 saturated heterocycles. The van der Waals surface area contributed by atoms with Crippen LogP contribution in [0.15, 0.2) is 30.3 Å². The van der Waals surface area contributed by atoms with E-state index in [2.05, 4.69) is 5.32 Å². The van der Waals surface area contributed by atoms with Crippen molar-refractivity contribution in [3.63, 3.8) is 0 Å². The first-order chi connectivity index (χ1) is 9.04. The van der Waals surface area contributed by atoms with Crippen molar-refractivity contribution in [2.24, 2.45) is 0 Å². The number of rotatable bonds is 1. The molecule has 0 spiro atoms. The third-order valence-corrected chi connectivity index (χ3v) is 3.46. The summed E-state index contributed by atoms with van der Waals surface area (Å²) in [6.45, 7) is 0. The van der Waals surface area contributed by atoms with Gasteiger partial charge in [0.2, 0.25) is 0 Å². The fourth-order valence-corrected chi connectivity index (χ4v) is 2.50. The minimum atomic E-state index is -1.44. The zero-order valence-corrected chi connectivity index (χ0v) is 10.4. The second-order valence-corrected chi connectivity index (χ2v) is 4.94. The minimum absolute atomic E-state index is 0.280. The van der Waals surface area contributed by atoms with E-state index in [-0.39, 0.29) is 6.04 Å². The van der Waals surface area contributed by atoms with Crippen molar-refractivity contribution in [2.45, 2.75) is 12.5 Å². The average Bonchev–Trinajstić information content (AvgIpc) is 2.78. The summed E-state index contributed by atoms with van der Waals surface area (Å²) in [6.07, 6.45) is 0.556. The summed E-state index contributed by atoms with van der Waals surface area (Å²) in [4.78, 5) is 0. The lowest BCUT2D eigenvalue weighted by Crippen LogP contribution is -2.07. The third kappa shape index (κ3) is 2.16. The average molecular weight is 284 g/mol. The Bertz CT molecular complexity index is 634. The number of hydrogen-bond donors (Lipinski definition) is 1. The van der Waals surface area contributed by atoms with Crippen LogP contribution in [0.1, 0.15) is 17.2 Å². The normalized spacial score (nSPS) is 17.2. The molecule has 1 nitrogen and oxygen atoms in total. The summed E-state index contributed by atoms with van der Waals surface area (Å²) in [5, 5.41) is 3.75. The molecule has 1 heterocycles. The predicted molar refractivity (Wildman–Crippen MR) is 67.8 cm³/mol. The Hall–Kier alpha value is -1.68. The molecule has 0 bridgehead atoms. The maximum Gasteiger partial charge on any atom is 0.194 e. The van der Waals surface area contributed by atoms with Crippen LogP contribution in [0.3, 0.4) is 0 Å². The van der Waals surface area contributed by atoms with Crippen molar-refractivity contribution < 1.29 is 13.2 Å². The first kappa shape index (κ1) is 12.4. The second-order valence-electron chi connectivity index (χ2n) is 4.50. The summed E-state index contributed by atoms with van der Waals surface area (Å²) < 4.78 is 39.4. The van der Waals surface area contributed by atoms with Crippen LogP contribution in [0.25, 0.3) is 0 Å². The number of nitrogens with one attached hydrogen (secondary N) is 1. The monoisotopic (exact) mass is 283 g/mol.